The monoisotopic (exact) mass is 464 g/mol. The fraction of sp³-hybridized carbons (Fsp3) is 0.250. The van der Waals surface area contributed by atoms with E-state index >= 15 is 0 Å². The number of aryl methyl sites for hydroxylation is 1. The van der Waals surface area contributed by atoms with Gasteiger partial charge in [-0.05, 0) is 49.6 Å². The topological polar surface area (TPSA) is 128 Å². The van der Waals surface area contributed by atoms with Crippen molar-refractivity contribution in [1.29, 1.82) is 5.26 Å². The lowest BCUT2D eigenvalue weighted by Gasteiger charge is -2.17. The number of allylic oxidation sites excluding steroid dienone is 1. The van der Waals surface area contributed by atoms with E-state index < -0.39 is 24.4 Å². The first kappa shape index (κ1) is 23.9. The summed E-state index contributed by atoms with van der Waals surface area (Å²) in [5, 5.41) is 22.6. The molecule has 170 valence electrons. The van der Waals surface area contributed by atoms with Crippen LogP contribution in [0.1, 0.15) is 28.2 Å². The third kappa shape index (κ3) is 6.14. The van der Waals surface area contributed by atoms with Gasteiger partial charge in [0.1, 0.15) is 24.3 Å². The third-order valence-corrected chi connectivity index (χ3v) is 5.50. The lowest BCUT2D eigenvalue weighted by molar-refractivity contribution is -0.145. The number of aromatic amines is 1. The number of aliphatic hydroxyl groups excluding tert-OH is 1. The van der Waals surface area contributed by atoms with Crippen LogP contribution in [0, 0.1) is 18.3 Å². The first-order chi connectivity index (χ1) is 15.9. The maximum absolute atomic E-state index is 12.7. The van der Waals surface area contributed by atoms with Gasteiger partial charge < -0.3 is 20.1 Å². The van der Waals surface area contributed by atoms with Crippen LogP contribution in [-0.4, -0.2) is 51.6 Å². The van der Waals surface area contributed by atoms with Gasteiger partial charge in [0.15, 0.2) is 11.6 Å². The van der Waals surface area contributed by atoms with E-state index in [0.29, 0.717) is 28.8 Å². The number of esters is 1. The van der Waals surface area contributed by atoms with E-state index in [9.17, 15) is 20.0 Å². The molecule has 1 amide bonds. The van der Waals surface area contributed by atoms with Crippen LogP contribution in [0.3, 0.4) is 0 Å². The summed E-state index contributed by atoms with van der Waals surface area (Å²) in [5.41, 5.74) is 2.59. The van der Waals surface area contributed by atoms with Gasteiger partial charge in [0.25, 0.3) is 5.91 Å². The molecule has 8 nitrogen and oxygen atoms in total. The molecule has 0 saturated carbocycles. The Morgan fingerprint density at radius 1 is 1.27 bits per heavy atom. The minimum atomic E-state index is -0.894. The Morgan fingerprint density at radius 3 is 2.76 bits per heavy atom. The highest BCUT2D eigenvalue weighted by Crippen LogP contribution is 2.19. The highest BCUT2D eigenvalue weighted by molar-refractivity contribution is 7.98. The number of ether oxygens (including phenoxy) is 1. The Morgan fingerprint density at radius 2 is 2.06 bits per heavy atom. The Bertz CT molecular complexity index is 1200. The molecule has 33 heavy (non-hydrogen) atoms. The number of amides is 1. The number of para-hydroxylation sites is 2. The maximum Gasteiger partial charge on any atom is 0.329 e. The zero-order valence-electron chi connectivity index (χ0n) is 18.3. The van der Waals surface area contributed by atoms with E-state index in [0.717, 1.165) is 5.56 Å². The highest BCUT2D eigenvalue weighted by Gasteiger charge is 2.24. The molecule has 1 heterocycles. The van der Waals surface area contributed by atoms with Crippen LogP contribution in [-0.2, 0) is 9.53 Å². The molecule has 0 aliphatic rings. The van der Waals surface area contributed by atoms with Gasteiger partial charge >= 0.3 is 5.97 Å². The molecule has 0 bridgehead atoms. The SMILES string of the molecule is CSCCC(NC(=O)c1cccc(C)c1)C(=O)OCC(O)=C(C#N)c1nc2ccccc2[nH]1. The first-order valence-corrected chi connectivity index (χ1v) is 11.6. The Labute approximate surface area is 195 Å². The molecule has 0 saturated heterocycles. The number of carbonyl (C=O) groups is 2. The van der Waals surface area contributed by atoms with Crippen LogP contribution in [0.25, 0.3) is 16.6 Å². The second-order valence-electron chi connectivity index (χ2n) is 7.32. The molecule has 0 aliphatic carbocycles. The number of aliphatic hydroxyl groups is 1. The molecule has 0 spiro atoms. The normalized spacial score (nSPS) is 12.5. The minimum Gasteiger partial charge on any atom is -0.507 e. The van der Waals surface area contributed by atoms with Gasteiger partial charge in [0.2, 0.25) is 0 Å². The molecule has 3 aromatic rings. The van der Waals surface area contributed by atoms with Crippen LogP contribution >= 0.6 is 11.8 Å². The number of imidazole rings is 1. The molecule has 3 rings (SSSR count). The standard InChI is InChI=1S/C24H24N4O4S/c1-15-6-5-7-16(12-15)23(30)28-20(10-11-33-2)24(31)32-14-21(29)17(13-25)22-26-18-8-3-4-9-19(18)27-22/h3-9,12,20,29H,10-11,14H2,1-2H3,(H,26,27)(H,28,30). The van der Waals surface area contributed by atoms with Gasteiger partial charge in [0.05, 0.1) is 11.0 Å². The molecule has 0 fully saturated rings. The Kier molecular flexibility index (Phi) is 8.11. The lowest BCUT2D eigenvalue weighted by Crippen LogP contribution is -2.42. The molecule has 0 radical (unpaired) electrons. The van der Waals surface area contributed by atoms with E-state index in [4.69, 9.17) is 4.74 Å². The smallest absolute Gasteiger partial charge is 0.329 e. The third-order valence-electron chi connectivity index (χ3n) is 4.86. The molecule has 9 heteroatoms. The van der Waals surface area contributed by atoms with Crippen molar-refractivity contribution in [2.75, 3.05) is 18.6 Å². The number of benzene rings is 2. The summed E-state index contributed by atoms with van der Waals surface area (Å²) < 4.78 is 5.24. The van der Waals surface area contributed by atoms with Crippen molar-refractivity contribution in [3.8, 4) is 6.07 Å². The number of aromatic nitrogens is 2. The number of nitrogens with zero attached hydrogens (tertiary/aromatic N) is 2. The van der Waals surface area contributed by atoms with Crippen molar-refractivity contribution in [1.82, 2.24) is 15.3 Å². The molecule has 1 unspecified atom stereocenters. The van der Waals surface area contributed by atoms with Gasteiger partial charge in [-0.1, -0.05) is 29.8 Å². The quantitative estimate of drug-likeness (QED) is 0.250. The molecular formula is C24H24N4O4S. The summed E-state index contributed by atoms with van der Waals surface area (Å²) in [7, 11) is 0. The fourth-order valence-corrected chi connectivity index (χ4v) is 3.62. The van der Waals surface area contributed by atoms with Crippen LogP contribution in [0.15, 0.2) is 54.3 Å². The van der Waals surface area contributed by atoms with Crippen molar-refractivity contribution in [3.63, 3.8) is 0 Å². The second kappa shape index (κ2) is 11.2. The highest BCUT2D eigenvalue weighted by atomic mass is 32.2. The van der Waals surface area contributed by atoms with Gasteiger partial charge in [-0.3, -0.25) is 4.79 Å². The van der Waals surface area contributed by atoms with E-state index in [1.807, 2.05) is 37.4 Å². The first-order valence-electron chi connectivity index (χ1n) is 10.2. The number of nitriles is 1. The number of nitrogens with one attached hydrogen (secondary N) is 2. The van der Waals surface area contributed by atoms with Crippen LogP contribution < -0.4 is 5.32 Å². The average molecular weight is 465 g/mol. The number of hydrogen-bond acceptors (Lipinski definition) is 7. The van der Waals surface area contributed by atoms with Gasteiger partial charge in [-0.2, -0.15) is 17.0 Å². The van der Waals surface area contributed by atoms with Gasteiger partial charge in [-0.25, -0.2) is 9.78 Å². The molecule has 2 aromatic carbocycles. The number of rotatable bonds is 9. The molecular weight excluding hydrogens is 440 g/mol. The van der Waals surface area contributed by atoms with Crippen molar-refractivity contribution in [3.05, 3.63) is 71.2 Å². The van der Waals surface area contributed by atoms with E-state index in [-0.39, 0.29) is 17.3 Å². The molecule has 1 aromatic heterocycles. The molecule has 0 aliphatic heterocycles. The summed E-state index contributed by atoms with van der Waals surface area (Å²) in [6, 6.07) is 15.2. The van der Waals surface area contributed by atoms with Gasteiger partial charge in [-0.15, -0.1) is 0 Å². The zero-order valence-corrected chi connectivity index (χ0v) is 19.1. The predicted octanol–water partition coefficient (Wildman–Crippen LogP) is 3.76. The number of hydrogen-bond donors (Lipinski definition) is 3. The zero-order chi connectivity index (χ0) is 23.8. The molecule has 3 N–H and O–H groups in total. The second-order valence-corrected chi connectivity index (χ2v) is 8.31. The largest absolute Gasteiger partial charge is 0.507 e. The van der Waals surface area contributed by atoms with Crippen molar-refractivity contribution in [2.24, 2.45) is 0 Å². The van der Waals surface area contributed by atoms with E-state index in [2.05, 4.69) is 15.3 Å². The number of thioether (sulfide) groups is 1. The summed E-state index contributed by atoms with van der Waals surface area (Å²) >= 11 is 1.53. The number of carbonyl (C=O) groups excluding carboxylic acids is 2. The molecule has 1 atom stereocenters. The minimum absolute atomic E-state index is 0.122. The Hall–Kier alpha value is -3.77. The van der Waals surface area contributed by atoms with Crippen LogP contribution in [0.5, 0.6) is 0 Å². The van der Waals surface area contributed by atoms with Crippen molar-refractivity contribution < 1.29 is 19.4 Å². The van der Waals surface area contributed by atoms with Gasteiger partial charge in [0, 0.05) is 5.56 Å². The van der Waals surface area contributed by atoms with Crippen LogP contribution in [0.2, 0.25) is 0 Å². The average Bonchev–Trinajstić information content (AvgIpc) is 3.24. The summed E-state index contributed by atoms with van der Waals surface area (Å²) in [6.45, 7) is 1.36. The fourth-order valence-electron chi connectivity index (χ4n) is 3.15. The van der Waals surface area contributed by atoms with E-state index in [1.165, 1.54) is 11.8 Å². The van der Waals surface area contributed by atoms with Crippen molar-refractivity contribution in [2.45, 2.75) is 19.4 Å². The predicted molar refractivity (Wildman–Crippen MR) is 128 cm³/mol. The summed E-state index contributed by atoms with van der Waals surface area (Å²) in [4.78, 5) is 32.5. The maximum atomic E-state index is 12.7. The summed E-state index contributed by atoms with van der Waals surface area (Å²) in [6.07, 6.45) is 2.25. The summed E-state index contributed by atoms with van der Waals surface area (Å²) in [5.74, 6) is -0.713. The number of fused-ring (bicyclic) bond motifs is 1. The number of H-pyrrole nitrogens is 1. The lowest BCUT2D eigenvalue weighted by atomic mass is 10.1. The Balaban J connectivity index is 1.71. The van der Waals surface area contributed by atoms with Crippen molar-refractivity contribution >= 4 is 40.2 Å². The van der Waals surface area contributed by atoms with E-state index in [1.54, 1.807) is 30.3 Å². The van der Waals surface area contributed by atoms with Crippen LogP contribution in [0.4, 0.5) is 0 Å².